The van der Waals surface area contributed by atoms with Gasteiger partial charge >= 0.3 is 0 Å². The number of nitrogens with one attached hydrogen (secondary N) is 2. The molecule has 0 spiro atoms. The lowest BCUT2D eigenvalue weighted by molar-refractivity contribution is 0.0936. The van der Waals surface area contributed by atoms with Crippen molar-refractivity contribution in [2.75, 3.05) is 16.8 Å². The molecule has 1 amide bonds. The lowest BCUT2D eigenvalue weighted by Crippen LogP contribution is -2.36. The number of carbonyl (C=O) groups excluding carboxylic acids is 1. The highest BCUT2D eigenvalue weighted by atomic mass is 32.2. The standard InChI is InChI=1S/C15H17N3O4S/c19-15(18-12-4-7-23(20,21)10-12)14-8-11(3-5-16-14)17-9-13-2-1-6-22-13/h1-3,5-6,8,12H,4,7,9-10H2,(H,16,17)(H,18,19). The van der Waals surface area contributed by atoms with Crippen LogP contribution in [0.5, 0.6) is 0 Å². The van der Waals surface area contributed by atoms with E-state index >= 15 is 0 Å². The van der Waals surface area contributed by atoms with Gasteiger partial charge in [0.15, 0.2) is 9.84 Å². The van der Waals surface area contributed by atoms with E-state index in [0.29, 0.717) is 13.0 Å². The van der Waals surface area contributed by atoms with Crippen LogP contribution in [-0.4, -0.2) is 36.9 Å². The zero-order valence-corrected chi connectivity index (χ0v) is 13.2. The normalized spacial score (nSPS) is 19.4. The summed E-state index contributed by atoms with van der Waals surface area (Å²) in [5.74, 6) is 0.531. The molecular formula is C15H17N3O4S. The Morgan fingerprint density at radius 1 is 1.39 bits per heavy atom. The Morgan fingerprint density at radius 2 is 2.26 bits per heavy atom. The fraction of sp³-hybridized carbons (Fsp3) is 0.333. The Hall–Kier alpha value is -2.35. The maximum atomic E-state index is 12.2. The second-order valence-electron chi connectivity index (χ2n) is 5.44. The van der Waals surface area contributed by atoms with Crippen LogP contribution in [0.3, 0.4) is 0 Å². The molecule has 1 unspecified atom stereocenters. The van der Waals surface area contributed by atoms with E-state index in [1.165, 1.54) is 6.20 Å². The SMILES string of the molecule is O=C(NC1CCS(=O)(=O)C1)c1cc(NCc2ccco2)ccn1. The minimum absolute atomic E-state index is 0.00479. The number of pyridine rings is 1. The molecule has 0 saturated carbocycles. The van der Waals surface area contributed by atoms with Crippen LogP contribution in [-0.2, 0) is 16.4 Å². The van der Waals surface area contributed by atoms with Crippen molar-refractivity contribution in [3.05, 3.63) is 48.2 Å². The van der Waals surface area contributed by atoms with Gasteiger partial charge in [-0.3, -0.25) is 9.78 Å². The van der Waals surface area contributed by atoms with Crippen molar-refractivity contribution >= 4 is 21.4 Å². The third-order valence-corrected chi connectivity index (χ3v) is 5.38. The molecule has 122 valence electrons. The smallest absolute Gasteiger partial charge is 0.270 e. The van der Waals surface area contributed by atoms with Gasteiger partial charge in [-0.05, 0) is 30.7 Å². The van der Waals surface area contributed by atoms with Crippen LogP contribution in [0, 0.1) is 0 Å². The van der Waals surface area contributed by atoms with Gasteiger partial charge in [0.1, 0.15) is 11.5 Å². The molecular weight excluding hydrogens is 318 g/mol. The van der Waals surface area contributed by atoms with Crippen molar-refractivity contribution < 1.29 is 17.6 Å². The number of furan rings is 1. The summed E-state index contributed by atoms with van der Waals surface area (Å²) in [5.41, 5.74) is 0.985. The van der Waals surface area contributed by atoms with E-state index in [-0.39, 0.29) is 29.1 Å². The Morgan fingerprint density at radius 3 is 2.96 bits per heavy atom. The molecule has 8 heteroatoms. The predicted molar refractivity (Wildman–Crippen MR) is 84.8 cm³/mol. The molecule has 0 aliphatic carbocycles. The lowest BCUT2D eigenvalue weighted by atomic mass is 10.2. The molecule has 1 atom stereocenters. The number of sulfone groups is 1. The molecule has 1 aliphatic heterocycles. The van der Waals surface area contributed by atoms with E-state index in [1.807, 2.05) is 6.07 Å². The van der Waals surface area contributed by atoms with Crippen molar-refractivity contribution in [1.29, 1.82) is 0 Å². The van der Waals surface area contributed by atoms with Gasteiger partial charge in [0.25, 0.3) is 5.91 Å². The molecule has 7 nitrogen and oxygen atoms in total. The average Bonchev–Trinajstić information content (AvgIpc) is 3.15. The minimum atomic E-state index is -3.02. The molecule has 1 aliphatic rings. The van der Waals surface area contributed by atoms with E-state index in [9.17, 15) is 13.2 Å². The third kappa shape index (κ3) is 4.10. The maximum Gasteiger partial charge on any atom is 0.270 e. The Bertz CT molecular complexity index is 787. The molecule has 3 heterocycles. The van der Waals surface area contributed by atoms with Gasteiger partial charge in [-0.2, -0.15) is 0 Å². The second-order valence-corrected chi connectivity index (χ2v) is 7.66. The summed E-state index contributed by atoms with van der Waals surface area (Å²) in [7, 11) is -3.02. The quantitative estimate of drug-likeness (QED) is 0.851. The second kappa shape index (κ2) is 6.41. The van der Waals surface area contributed by atoms with Crippen molar-refractivity contribution in [3.63, 3.8) is 0 Å². The Kier molecular flexibility index (Phi) is 4.33. The predicted octanol–water partition coefficient (Wildman–Crippen LogP) is 1.20. The Labute approximate surface area is 134 Å². The van der Waals surface area contributed by atoms with Crippen LogP contribution in [0.4, 0.5) is 5.69 Å². The van der Waals surface area contributed by atoms with E-state index in [2.05, 4.69) is 15.6 Å². The summed E-state index contributed by atoms with van der Waals surface area (Å²) in [5, 5.41) is 5.86. The number of carbonyl (C=O) groups is 1. The monoisotopic (exact) mass is 335 g/mol. The fourth-order valence-corrected chi connectivity index (χ4v) is 4.11. The van der Waals surface area contributed by atoms with Gasteiger partial charge in [-0.25, -0.2) is 8.42 Å². The van der Waals surface area contributed by atoms with Crippen LogP contribution in [0.1, 0.15) is 22.7 Å². The van der Waals surface area contributed by atoms with Crippen LogP contribution >= 0.6 is 0 Å². The van der Waals surface area contributed by atoms with Crippen molar-refractivity contribution in [2.45, 2.75) is 19.0 Å². The average molecular weight is 335 g/mol. The van der Waals surface area contributed by atoms with Crippen LogP contribution in [0.2, 0.25) is 0 Å². The lowest BCUT2D eigenvalue weighted by Gasteiger charge is -2.11. The summed E-state index contributed by atoms with van der Waals surface area (Å²) in [4.78, 5) is 16.2. The first-order valence-electron chi connectivity index (χ1n) is 7.25. The number of amides is 1. The highest BCUT2D eigenvalue weighted by Gasteiger charge is 2.29. The zero-order valence-electron chi connectivity index (χ0n) is 12.4. The molecule has 2 aromatic rings. The topological polar surface area (TPSA) is 101 Å². The zero-order chi connectivity index (χ0) is 16.3. The fourth-order valence-electron chi connectivity index (χ4n) is 2.44. The van der Waals surface area contributed by atoms with E-state index in [0.717, 1.165) is 11.4 Å². The van der Waals surface area contributed by atoms with Crippen LogP contribution in [0.15, 0.2) is 41.1 Å². The van der Waals surface area contributed by atoms with Gasteiger partial charge in [-0.1, -0.05) is 0 Å². The highest BCUT2D eigenvalue weighted by Crippen LogP contribution is 2.14. The summed E-state index contributed by atoms with van der Waals surface area (Å²) in [6, 6.07) is 6.69. The van der Waals surface area contributed by atoms with Gasteiger partial charge in [0.2, 0.25) is 0 Å². The number of hydrogen-bond donors (Lipinski definition) is 2. The molecule has 23 heavy (non-hydrogen) atoms. The largest absolute Gasteiger partial charge is 0.467 e. The highest BCUT2D eigenvalue weighted by molar-refractivity contribution is 7.91. The molecule has 0 radical (unpaired) electrons. The maximum absolute atomic E-state index is 12.2. The molecule has 0 aromatic carbocycles. The minimum Gasteiger partial charge on any atom is -0.467 e. The van der Waals surface area contributed by atoms with Crippen LogP contribution in [0.25, 0.3) is 0 Å². The van der Waals surface area contributed by atoms with E-state index in [4.69, 9.17) is 4.42 Å². The molecule has 3 rings (SSSR count). The first kappa shape index (κ1) is 15.5. The van der Waals surface area contributed by atoms with Crippen LogP contribution < -0.4 is 10.6 Å². The van der Waals surface area contributed by atoms with Gasteiger partial charge < -0.3 is 15.1 Å². The number of hydrogen-bond acceptors (Lipinski definition) is 6. The number of aromatic nitrogens is 1. The number of nitrogens with zero attached hydrogens (tertiary/aromatic N) is 1. The van der Waals surface area contributed by atoms with Crippen molar-refractivity contribution in [2.24, 2.45) is 0 Å². The summed E-state index contributed by atoms with van der Waals surface area (Å²) < 4.78 is 28.1. The number of anilines is 1. The van der Waals surface area contributed by atoms with E-state index < -0.39 is 9.84 Å². The first-order valence-corrected chi connectivity index (χ1v) is 9.07. The van der Waals surface area contributed by atoms with Gasteiger partial charge in [0, 0.05) is 17.9 Å². The molecule has 2 aromatic heterocycles. The summed E-state index contributed by atoms with van der Waals surface area (Å²) in [6.45, 7) is 0.499. The van der Waals surface area contributed by atoms with Crippen molar-refractivity contribution in [1.82, 2.24) is 10.3 Å². The molecule has 1 fully saturated rings. The Balaban J connectivity index is 1.61. The van der Waals surface area contributed by atoms with E-state index in [1.54, 1.807) is 24.5 Å². The number of rotatable bonds is 5. The van der Waals surface area contributed by atoms with Crippen molar-refractivity contribution in [3.8, 4) is 0 Å². The summed E-state index contributed by atoms with van der Waals surface area (Å²) in [6.07, 6.45) is 3.58. The molecule has 2 N–H and O–H groups in total. The van der Waals surface area contributed by atoms with Gasteiger partial charge in [-0.15, -0.1) is 0 Å². The summed E-state index contributed by atoms with van der Waals surface area (Å²) >= 11 is 0. The molecule has 0 bridgehead atoms. The third-order valence-electron chi connectivity index (χ3n) is 3.61. The van der Waals surface area contributed by atoms with Gasteiger partial charge in [0.05, 0.1) is 24.3 Å². The molecule has 1 saturated heterocycles. The first-order chi connectivity index (χ1) is 11.0.